The number of thiocarbonyl (C=S) groups is 1. The Balaban J connectivity index is 2.11. The van der Waals surface area contributed by atoms with E-state index in [9.17, 15) is 24.3 Å². The fourth-order valence-corrected chi connectivity index (χ4v) is 6.63. The number of rotatable bonds is 12. The number of methoxy groups -OCH3 is 1. The average Bonchev–Trinajstić information content (AvgIpc) is 2.80. The number of thioether (sulfide) groups is 2. The number of nitrogens with one attached hydrogen (secondary N) is 1. The molecule has 1 fully saturated rings. The second-order valence-corrected chi connectivity index (χ2v) is 10.3. The molecule has 2 amide bonds. The first kappa shape index (κ1) is 28.4. The van der Waals surface area contributed by atoms with Crippen LogP contribution >= 0.6 is 35.7 Å². The van der Waals surface area contributed by atoms with E-state index in [1.165, 1.54) is 30.6 Å². The third-order valence-corrected chi connectivity index (χ3v) is 8.57. The van der Waals surface area contributed by atoms with E-state index in [0.29, 0.717) is 21.4 Å². The van der Waals surface area contributed by atoms with Gasteiger partial charge in [0.2, 0.25) is 5.91 Å². The van der Waals surface area contributed by atoms with Gasteiger partial charge in [0, 0.05) is 38.1 Å². The number of amides is 2. The Morgan fingerprint density at radius 1 is 1.38 bits per heavy atom. The summed E-state index contributed by atoms with van der Waals surface area (Å²) in [7, 11) is 1.27. The van der Waals surface area contributed by atoms with Crippen molar-refractivity contribution >= 4 is 63.8 Å². The van der Waals surface area contributed by atoms with Gasteiger partial charge in [-0.3, -0.25) is 19.3 Å². The number of hydrogen-bond acceptors (Lipinski definition) is 9. The summed E-state index contributed by atoms with van der Waals surface area (Å²) < 4.78 is 6.06. The number of carboxylic acids is 2. The molecular weight excluding hydrogens is 504 g/mol. The van der Waals surface area contributed by atoms with Crippen molar-refractivity contribution in [1.29, 1.82) is 0 Å². The number of hydrogen-bond donors (Lipinski definition) is 4. The van der Waals surface area contributed by atoms with Crippen molar-refractivity contribution < 1.29 is 34.1 Å². The van der Waals surface area contributed by atoms with Gasteiger partial charge >= 0.3 is 11.9 Å². The van der Waals surface area contributed by atoms with Gasteiger partial charge in [0.1, 0.15) is 21.4 Å². The summed E-state index contributed by atoms with van der Waals surface area (Å²) in [5, 5.41) is 20.5. The largest absolute Gasteiger partial charge is 0.480 e. The minimum Gasteiger partial charge on any atom is -0.480 e. The first-order valence-corrected chi connectivity index (χ1v) is 13.1. The highest BCUT2D eigenvalue weighted by Gasteiger charge is 2.66. The topological polar surface area (TPSA) is 162 Å². The fourth-order valence-electron chi connectivity index (χ4n) is 3.65. The molecule has 0 spiro atoms. The molecule has 2 aliphatic heterocycles. The monoisotopic (exact) mass is 534 g/mol. The molecule has 2 heterocycles. The van der Waals surface area contributed by atoms with Gasteiger partial charge in [0.25, 0.3) is 11.6 Å². The molecule has 0 aliphatic carbocycles. The van der Waals surface area contributed by atoms with Crippen molar-refractivity contribution in [2.75, 3.05) is 31.7 Å². The molecule has 0 saturated carbocycles. The number of nitrogens with zero attached hydrogens (tertiary/aromatic N) is 2. The van der Waals surface area contributed by atoms with Gasteiger partial charge in [-0.15, -0.1) is 11.8 Å². The van der Waals surface area contributed by atoms with Crippen molar-refractivity contribution in [3.05, 3.63) is 11.3 Å². The molecule has 0 bridgehead atoms. The van der Waals surface area contributed by atoms with Gasteiger partial charge in [-0.1, -0.05) is 24.0 Å². The highest BCUT2D eigenvalue weighted by atomic mass is 32.2. The van der Waals surface area contributed by atoms with E-state index in [2.05, 4.69) is 5.32 Å². The molecular formula is C20H30N4O7S3. The standard InChI is InChI=1S/C20H30N4O7S3/c1-4-23(5-2)19(32)34-10-11-9-33-18-20(31-3,17(30)24(18)14(11)16(28)29)22-13(25)8-6-7-12(21)15(26)27/h12,18H,4-10,21H2,1-3H3,(H,22,25)(H,26,27)(H,28,29)/t12?,18-,20-/m0/s1. The Bertz CT molecular complexity index is 880. The van der Waals surface area contributed by atoms with E-state index in [1.54, 1.807) is 0 Å². The molecule has 2 aliphatic rings. The third kappa shape index (κ3) is 5.85. The maximum Gasteiger partial charge on any atom is 0.352 e. The average molecular weight is 535 g/mol. The van der Waals surface area contributed by atoms with Crippen molar-refractivity contribution in [2.24, 2.45) is 5.73 Å². The summed E-state index contributed by atoms with van der Waals surface area (Å²) in [6.07, 6.45) is 0.259. The highest BCUT2D eigenvalue weighted by molar-refractivity contribution is 8.23. The van der Waals surface area contributed by atoms with Gasteiger partial charge in [0.15, 0.2) is 0 Å². The Morgan fingerprint density at radius 2 is 2.03 bits per heavy atom. The van der Waals surface area contributed by atoms with Crippen LogP contribution < -0.4 is 11.1 Å². The third-order valence-electron chi connectivity index (χ3n) is 5.59. The van der Waals surface area contributed by atoms with Gasteiger partial charge in [0.05, 0.1) is 0 Å². The molecule has 14 heteroatoms. The summed E-state index contributed by atoms with van der Waals surface area (Å²) >= 11 is 8.08. The maximum atomic E-state index is 13.1. The van der Waals surface area contributed by atoms with E-state index in [1.807, 2.05) is 18.7 Å². The molecule has 2 rings (SSSR count). The van der Waals surface area contributed by atoms with Crippen molar-refractivity contribution in [2.45, 2.75) is 50.3 Å². The zero-order valence-corrected chi connectivity index (χ0v) is 21.7. The number of ether oxygens (including phenoxy) is 1. The highest BCUT2D eigenvalue weighted by Crippen LogP contribution is 2.47. The van der Waals surface area contributed by atoms with Crippen LogP contribution in [0, 0.1) is 0 Å². The lowest BCUT2D eigenvalue weighted by Gasteiger charge is -2.55. The number of carboxylic acid groups (broad SMARTS) is 2. The summed E-state index contributed by atoms with van der Waals surface area (Å²) in [5.41, 5.74) is 4.21. The van der Waals surface area contributed by atoms with Crippen LogP contribution in [0.3, 0.4) is 0 Å². The van der Waals surface area contributed by atoms with E-state index in [-0.39, 0.29) is 25.0 Å². The quantitative estimate of drug-likeness (QED) is 0.157. The van der Waals surface area contributed by atoms with Gasteiger partial charge in [-0.2, -0.15) is 0 Å². The van der Waals surface area contributed by atoms with E-state index in [0.717, 1.165) is 18.0 Å². The summed E-state index contributed by atoms with van der Waals surface area (Å²) in [6, 6.07) is -1.08. The van der Waals surface area contributed by atoms with E-state index in [4.69, 9.17) is 27.8 Å². The first-order valence-electron chi connectivity index (χ1n) is 10.7. The minimum absolute atomic E-state index is 0.0525. The molecule has 190 valence electrons. The molecule has 34 heavy (non-hydrogen) atoms. The lowest BCUT2D eigenvalue weighted by atomic mass is 9.98. The van der Waals surface area contributed by atoms with Crippen LogP contribution in [0.5, 0.6) is 0 Å². The first-order chi connectivity index (χ1) is 16.0. The van der Waals surface area contributed by atoms with Crippen LogP contribution in [-0.4, -0.2) is 96.9 Å². The number of nitrogens with two attached hydrogens (primary N) is 1. The Hall–Kier alpha value is -1.87. The van der Waals surface area contributed by atoms with Crippen LogP contribution in [-0.2, 0) is 23.9 Å². The molecule has 3 atom stereocenters. The van der Waals surface area contributed by atoms with Gasteiger partial charge < -0.3 is 30.9 Å². The van der Waals surface area contributed by atoms with E-state index >= 15 is 0 Å². The number of aliphatic carboxylic acids is 2. The normalized spacial score (nSPS) is 22.5. The fraction of sp³-hybridized carbons (Fsp3) is 0.650. The second kappa shape index (κ2) is 12.2. The van der Waals surface area contributed by atoms with Crippen molar-refractivity contribution in [3.63, 3.8) is 0 Å². The number of fused-ring (bicyclic) bond motifs is 1. The molecule has 0 aromatic carbocycles. The molecule has 5 N–H and O–H groups in total. The van der Waals surface area contributed by atoms with Crippen LogP contribution in [0.15, 0.2) is 11.3 Å². The lowest BCUT2D eigenvalue weighted by molar-refractivity contribution is -0.192. The minimum atomic E-state index is -1.69. The Labute approximate surface area is 211 Å². The second-order valence-electron chi connectivity index (χ2n) is 7.65. The molecule has 1 saturated heterocycles. The molecule has 0 aromatic rings. The van der Waals surface area contributed by atoms with Crippen molar-refractivity contribution in [3.8, 4) is 0 Å². The molecule has 0 radical (unpaired) electrons. The van der Waals surface area contributed by atoms with E-state index < -0.39 is 40.9 Å². The Kier molecular flexibility index (Phi) is 10.2. The maximum absolute atomic E-state index is 13.1. The van der Waals surface area contributed by atoms with Crippen LogP contribution in [0.1, 0.15) is 33.1 Å². The number of carbonyl (C=O) groups excluding carboxylic acids is 2. The SMILES string of the molecule is CCN(CC)C(=S)SCC1=C(C(=O)O)N2C(=O)[C@](NC(=O)CCCC(N)C(=O)O)(OC)[C@@H]2SC1. The molecule has 0 aromatic heterocycles. The Morgan fingerprint density at radius 3 is 2.56 bits per heavy atom. The van der Waals surface area contributed by atoms with Crippen LogP contribution in [0.2, 0.25) is 0 Å². The predicted molar refractivity (Wildman–Crippen MR) is 133 cm³/mol. The number of β-lactam (4-membered cyclic amide) rings is 1. The molecule has 1 unspecified atom stereocenters. The molecule has 11 nitrogen and oxygen atoms in total. The smallest absolute Gasteiger partial charge is 0.352 e. The van der Waals surface area contributed by atoms with Crippen LogP contribution in [0.25, 0.3) is 0 Å². The summed E-state index contributed by atoms with van der Waals surface area (Å²) in [4.78, 5) is 51.6. The van der Waals surface area contributed by atoms with Crippen LogP contribution in [0.4, 0.5) is 0 Å². The summed E-state index contributed by atoms with van der Waals surface area (Å²) in [5.74, 6) is -2.91. The zero-order valence-electron chi connectivity index (χ0n) is 19.2. The van der Waals surface area contributed by atoms with Gasteiger partial charge in [-0.25, -0.2) is 4.79 Å². The number of carbonyl (C=O) groups is 4. The summed E-state index contributed by atoms with van der Waals surface area (Å²) in [6.45, 7) is 5.45. The predicted octanol–water partition coefficient (Wildman–Crippen LogP) is 0.641. The zero-order chi connectivity index (χ0) is 25.6. The van der Waals surface area contributed by atoms with Gasteiger partial charge in [-0.05, 0) is 32.3 Å². The lowest BCUT2D eigenvalue weighted by Crippen LogP contribution is -2.80. The van der Waals surface area contributed by atoms with Crippen molar-refractivity contribution in [1.82, 2.24) is 15.1 Å².